The maximum atomic E-state index is 11.7. The number of amides is 1. The maximum absolute atomic E-state index is 11.7. The van der Waals surface area contributed by atoms with Gasteiger partial charge in [0.1, 0.15) is 18.2 Å². The molecule has 5 heterocycles. The van der Waals surface area contributed by atoms with Crippen molar-refractivity contribution in [1.29, 1.82) is 0 Å². The third-order valence-corrected chi connectivity index (χ3v) is 8.82. The number of anilines is 3. The highest BCUT2D eigenvalue weighted by Crippen LogP contribution is 2.40. The molecule has 1 N–H and O–H groups in total. The molecule has 8 heteroatoms. The topological polar surface area (TPSA) is 60.9 Å². The molecule has 1 aromatic carbocycles. The standard InChI is InChI=1S/C27H33N5O2S/c1-2-26(33)32-16-21(17-32)30-9-6-19(7-10-30)20-3-4-25-23(15-20)29-27-22(18-34-25)24(5-8-28-27)31-11-13-35-14-12-31/h2-5,8,15,19,21H,1,6-7,9-14,16-18H2,(H,28,29). The Kier molecular flexibility index (Phi) is 6.33. The highest BCUT2D eigenvalue weighted by molar-refractivity contribution is 7.99. The second kappa shape index (κ2) is 9.74. The zero-order chi connectivity index (χ0) is 23.8. The van der Waals surface area contributed by atoms with Crippen molar-refractivity contribution in [2.24, 2.45) is 0 Å². The fourth-order valence-corrected chi connectivity index (χ4v) is 6.63. The highest BCUT2D eigenvalue weighted by atomic mass is 32.2. The van der Waals surface area contributed by atoms with Crippen LogP contribution in [0.5, 0.6) is 5.75 Å². The molecule has 7 nitrogen and oxygen atoms in total. The predicted molar refractivity (Wildman–Crippen MR) is 142 cm³/mol. The first kappa shape index (κ1) is 22.7. The van der Waals surface area contributed by atoms with Crippen LogP contribution in [-0.4, -0.2) is 77.5 Å². The van der Waals surface area contributed by atoms with Gasteiger partial charge in [0.05, 0.1) is 11.3 Å². The van der Waals surface area contributed by atoms with Crippen molar-refractivity contribution in [3.05, 3.63) is 54.2 Å². The zero-order valence-corrected chi connectivity index (χ0v) is 20.9. The number of benzene rings is 1. The molecular formula is C27H33N5O2S. The first-order chi connectivity index (χ1) is 17.2. The average Bonchev–Trinajstić information content (AvgIpc) is 3.07. The summed E-state index contributed by atoms with van der Waals surface area (Å²) in [5.74, 6) is 4.73. The number of likely N-dealkylation sites (tertiary alicyclic amines) is 2. The van der Waals surface area contributed by atoms with Crippen LogP contribution in [0.1, 0.15) is 29.9 Å². The van der Waals surface area contributed by atoms with Crippen LogP contribution < -0.4 is 15.0 Å². The van der Waals surface area contributed by atoms with Crippen molar-refractivity contribution >= 4 is 34.9 Å². The second-order valence-electron chi connectivity index (χ2n) is 9.84. The molecule has 0 aliphatic carbocycles. The van der Waals surface area contributed by atoms with E-state index in [4.69, 9.17) is 4.74 Å². The van der Waals surface area contributed by atoms with E-state index >= 15 is 0 Å². The van der Waals surface area contributed by atoms with Crippen LogP contribution in [0.25, 0.3) is 0 Å². The van der Waals surface area contributed by atoms with E-state index in [1.807, 2.05) is 22.9 Å². The second-order valence-corrected chi connectivity index (χ2v) is 11.1. The Morgan fingerprint density at radius 1 is 1.14 bits per heavy atom. The number of rotatable bonds is 4. The summed E-state index contributed by atoms with van der Waals surface area (Å²) in [6.45, 7) is 10.1. The lowest BCUT2D eigenvalue weighted by Crippen LogP contribution is -2.61. The molecule has 0 saturated carbocycles. The number of aromatic nitrogens is 1. The Labute approximate surface area is 211 Å². The number of nitrogens with one attached hydrogen (secondary N) is 1. The molecule has 0 unspecified atom stereocenters. The van der Waals surface area contributed by atoms with Gasteiger partial charge in [-0.25, -0.2) is 4.98 Å². The van der Waals surface area contributed by atoms with Crippen LogP contribution in [0, 0.1) is 0 Å². The molecule has 3 fully saturated rings. The van der Waals surface area contributed by atoms with Gasteiger partial charge in [0, 0.05) is 55.6 Å². The van der Waals surface area contributed by atoms with Crippen LogP contribution in [0.2, 0.25) is 0 Å². The molecule has 1 amide bonds. The molecule has 3 saturated heterocycles. The van der Waals surface area contributed by atoms with E-state index in [2.05, 4.69) is 50.9 Å². The average molecular weight is 492 g/mol. The third kappa shape index (κ3) is 4.49. The molecular weight excluding hydrogens is 458 g/mol. The minimum atomic E-state index is 0.0500. The smallest absolute Gasteiger partial charge is 0.246 e. The molecule has 0 spiro atoms. The summed E-state index contributed by atoms with van der Waals surface area (Å²) in [6.07, 6.45) is 5.60. The molecule has 4 aliphatic heterocycles. The van der Waals surface area contributed by atoms with E-state index in [0.717, 1.165) is 74.9 Å². The van der Waals surface area contributed by atoms with Gasteiger partial charge in [0.25, 0.3) is 0 Å². The SMILES string of the molecule is C=CC(=O)N1CC(N2CCC(c3ccc4c(c3)Nc3nccc(N5CCSCC5)c3CO4)CC2)C1. The van der Waals surface area contributed by atoms with Gasteiger partial charge >= 0.3 is 0 Å². The van der Waals surface area contributed by atoms with Gasteiger partial charge in [0.15, 0.2) is 0 Å². The summed E-state index contributed by atoms with van der Waals surface area (Å²) in [5, 5.41) is 3.60. The Balaban J connectivity index is 1.13. The minimum absolute atomic E-state index is 0.0500. The van der Waals surface area contributed by atoms with Gasteiger partial charge in [-0.05, 0) is 61.7 Å². The first-order valence-corrected chi connectivity index (χ1v) is 13.8. The summed E-state index contributed by atoms with van der Waals surface area (Å²) in [5.41, 5.74) is 4.77. The van der Waals surface area contributed by atoms with Gasteiger partial charge in [-0.3, -0.25) is 9.69 Å². The summed E-state index contributed by atoms with van der Waals surface area (Å²) in [6, 6.07) is 9.25. The summed E-state index contributed by atoms with van der Waals surface area (Å²) in [4.78, 5) is 23.3. The number of pyridine rings is 1. The van der Waals surface area contributed by atoms with Crippen molar-refractivity contribution in [1.82, 2.24) is 14.8 Å². The van der Waals surface area contributed by atoms with Crippen LogP contribution in [0.3, 0.4) is 0 Å². The lowest BCUT2D eigenvalue weighted by molar-refractivity contribution is -0.133. The van der Waals surface area contributed by atoms with Gasteiger partial charge in [-0.1, -0.05) is 12.6 Å². The molecule has 2 aromatic rings. The maximum Gasteiger partial charge on any atom is 0.246 e. The molecule has 35 heavy (non-hydrogen) atoms. The Hall–Kier alpha value is -2.71. The van der Waals surface area contributed by atoms with E-state index < -0.39 is 0 Å². The van der Waals surface area contributed by atoms with E-state index in [0.29, 0.717) is 18.6 Å². The largest absolute Gasteiger partial charge is 0.487 e. The van der Waals surface area contributed by atoms with Crippen molar-refractivity contribution in [3.8, 4) is 5.75 Å². The Morgan fingerprint density at radius 2 is 1.94 bits per heavy atom. The van der Waals surface area contributed by atoms with Gasteiger partial charge in [-0.15, -0.1) is 0 Å². The number of thioether (sulfide) groups is 1. The van der Waals surface area contributed by atoms with Crippen molar-refractivity contribution in [2.75, 3.05) is 61.0 Å². The Morgan fingerprint density at radius 3 is 2.71 bits per heavy atom. The number of nitrogens with zero attached hydrogens (tertiary/aromatic N) is 4. The number of hydrogen-bond acceptors (Lipinski definition) is 7. The van der Waals surface area contributed by atoms with Crippen LogP contribution in [-0.2, 0) is 11.4 Å². The van der Waals surface area contributed by atoms with E-state index in [-0.39, 0.29) is 5.91 Å². The first-order valence-electron chi connectivity index (χ1n) is 12.7. The number of piperidine rings is 1. The fraction of sp³-hybridized carbons (Fsp3) is 0.481. The molecule has 6 rings (SSSR count). The van der Waals surface area contributed by atoms with Crippen LogP contribution in [0.15, 0.2) is 43.1 Å². The Bertz CT molecular complexity index is 1100. The molecule has 0 radical (unpaired) electrons. The quantitative estimate of drug-likeness (QED) is 0.652. The molecule has 0 atom stereocenters. The number of carbonyl (C=O) groups is 1. The number of fused-ring (bicyclic) bond motifs is 2. The number of ether oxygens (including phenoxy) is 1. The summed E-state index contributed by atoms with van der Waals surface area (Å²) < 4.78 is 6.28. The molecule has 184 valence electrons. The third-order valence-electron chi connectivity index (χ3n) is 7.88. The number of carbonyl (C=O) groups excluding carboxylic acids is 1. The van der Waals surface area contributed by atoms with E-state index in [9.17, 15) is 4.79 Å². The van der Waals surface area contributed by atoms with E-state index in [1.54, 1.807) is 0 Å². The fourth-order valence-electron chi connectivity index (χ4n) is 5.73. The molecule has 1 aromatic heterocycles. The molecule has 4 aliphatic rings. The van der Waals surface area contributed by atoms with Crippen molar-refractivity contribution < 1.29 is 9.53 Å². The number of hydrogen-bond donors (Lipinski definition) is 1. The summed E-state index contributed by atoms with van der Waals surface area (Å²) >= 11 is 2.02. The zero-order valence-electron chi connectivity index (χ0n) is 20.1. The van der Waals surface area contributed by atoms with Gasteiger partial charge < -0.3 is 19.9 Å². The van der Waals surface area contributed by atoms with E-state index in [1.165, 1.54) is 28.8 Å². The van der Waals surface area contributed by atoms with Gasteiger partial charge in [0.2, 0.25) is 5.91 Å². The van der Waals surface area contributed by atoms with Crippen molar-refractivity contribution in [2.45, 2.75) is 31.4 Å². The lowest BCUT2D eigenvalue weighted by Gasteiger charge is -2.47. The van der Waals surface area contributed by atoms with Crippen molar-refractivity contribution in [3.63, 3.8) is 0 Å². The summed E-state index contributed by atoms with van der Waals surface area (Å²) in [7, 11) is 0. The predicted octanol–water partition coefficient (Wildman–Crippen LogP) is 3.85. The molecule has 0 bridgehead atoms. The monoisotopic (exact) mass is 491 g/mol. The lowest BCUT2D eigenvalue weighted by atomic mass is 9.88. The van der Waals surface area contributed by atoms with Crippen LogP contribution in [0.4, 0.5) is 17.2 Å². The van der Waals surface area contributed by atoms with Gasteiger partial charge in [-0.2, -0.15) is 11.8 Å². The van der Waals surface area contributed by atoms with Crippen LogP contribution >= 0.6 is 11.8 Å². The normalized spacial score (nSPS) is 21.1. The highest BCUT2D eigenvalue weighted by Gasteiger charge is 2.35. The minimum Gasteiger partial charge on any atom is -0.487 e.